The van der Waals surface area contributed by atoms with Gasteiger partial charge in [-0.15, -0.1) is 6.58 Å². The highest BCUT2D eigenvalue weighted by molar-refractivity contribution is 7.99. The van der Waals surface area contributed by atoms with E-state index in [4.69, 9.17) is 0 Å². The van der Waals surface area contributed by atoms with Crippen LogP contribution < -0.4 is 0 Å². The van der Waals surface area contributed by atoms with Crippen LogP contribution in [0.2, 0.25) is 0 Å². The molecule has 0 fully saturated rings. The van der Waals surface area contributed by atoms with Crippen molar-refractivity contribution in [1.29, 1.82) is 0 Å². The topological polar surface area (TPSA) is 12.4 Å². The van der Waals surface area contributed by atoms with E-state index in [1.807, 2.05) is 6.08 Å². The van der Waals surface area contributed by atoms with Crippen LogP contribution in [0.4, 0.5) is 0 Å². The smallest absolute Gasteiger partial charge is 0.0294 e. The van der Waals surface area contributed by atoms with Gasteiger partial charge < -0.3 is 0 Å². The Bertz CT molecular complexity index is 189. The van der Waals surface area contributed by atoms with Gasteiger partial charge in [-0.3, -0.25) is 0 Å². The fourth-order valence-electron chi connectivity index (χ4n) is 0.939. The highest BCUT2D eigenvalue weighted by Crippen LogP contribution is 2.25. The van der Waals surface area contributed by atoms with Crippen LogP contribution in [-0.4, -0.2) is 10.5 Å². The fraction of sp³-hybridized carbons (Fsp3) is 0.750. The molecule has 14 heavy (non-hydrogen) atoms. The predicted molar refractivity (Wildman–Crippen MR) is 69.1 cm³/mol. The van der Waals surface area contributed by atoms with Crippen molar-refractivity contribution >= 4 is 17.7 Å². The van der Waals surface area contributed by atoms with Gasteiger partial charge >= 0.3 is 0 Å². The summed E-state index contributed by atoms with van der Waals surface area (Å²) < 4.78 is 4.82. The van der Waals surface area contributed by atoms with Gasteiger partial charge in [-0.05, 0) is 58.4 Å². The maximum Gasteiger partial charge on any atom is 0.0294 e. The van der Waals surface area contributed by atoms with Crippen molar-refractivity contribution in [2.24, 2.45) is 4.40 Å². The second-order valence-electron chi connectivity index (χ2n) is 4.40. The van der Waals surface area contributed by atoms with Crippen LogP contribution in [0.25, 0.3) is 0 Å². The minimum atomic E-state index is 0.235. The Labute approximate surface area is 93.2 Å². The third-order valence-electron chi connectivity index (χ3n) is 1.73. The number of nitrogens with zero attached hydrogens (tertiary/aromatic N) is 1. The van der Waals surface area contributed by atoms with E-state index in [1.54, 1.807) is 11.9 Å². The summed E-state index contributed by atoms with van der Waals surface area (Å²) >= 11 is 1.69. The normalized spacial score (nSPS) is 13.0. The highest BCUT2D eigenvalue weighted by Gasteiger charge is 2.10. The first kappa shape index (κ1) is 13.8. The SMILES string of the molecule is C=CCCC/C(CC)=N/SC(C)(C)C. The molecule has 0 aliphatic heterocycles. The van der Waals surface area contributed by atoms with Crippen molar-refractivity contribution in [3.05, 3.63) is 12.7 Å². The van der Waals surface area contributed by atoms with E-state index in [2.05, 4.69) is 38.7 Å². The lowest BCUT2D eigenvalue weighted by Crippen LogP contribution is -2.06. The highest BCUT2D eigenvalue weighted by atomic mass is 32.2. The number of unbranched alkanes of at least 4 members (excludes halogenated alkanes) is 1. The summed E-state index contributed by atoms with van der Waals surface area (Å²) in [5.41, 5.74) is 1.33. The van der Waals surface area contributed by atoms with E-state index >= 15 is 0 Å². The molecule has 0 spiro atoms. The number of rotatable bonds is 6. The van der Waals surface area contributed by atoms with Gasteiger partial charge in [0.05, 0.1) is 0 Å². The summed E-state index contributed by atoms with van der Waals surface area (Å²) in [6.45, 7) is 12.5. The van der Waals surface area contributed by atoms with Crippen LogP contribution in [0.5, 0.6) is 0 Å². The molecule has 0 amide bonds. The Morgan fingerprint density at radius 1 is 1.43 bits per heavy atom. The van der Waals surface area contributed by atoms with Gasteiger partial charge in [0, 0.05) is 10.5 Å². The lowest BCUT2D eigenvalue weighted by Gasteiger charge is -2.14. The van der Waals surface area contributed by atoms with E-state index in [-0.39, 0.29) is 4.75 Å². The van der Waals surface area contributed by atoms with Crippen molar-refractivity contribution < 1.29 is 0 Å². The standard InChI is InChI=1S/C12H23NS/c1-6-8-9-10-11(7-2)13-14-12(3,4)5/h6H,1,7-10H2,2-5H3/b13-11+. The van der Waals surface area contributed by atoms with Gasteiger partial charge in [0.2, 0.25) is 0 Å². The lowest BCUT2D eigenvalue weighted by molar-refractivity contribution is 0.803. The molecule has 0 aliphatic carbocycles. The van der Waals surface area contributed by atoms with Crippen LogP contribution in [0, 0.1) is 0 Å². The summed E-state index contributed by atoms with van der Waals surface area (Å²) in [5, 5.41) is 0. The summed E-state index contributed by atoms with van der Waals surface area (Å²) in [4.78, 5) is 0. The molecule has 0 bridgehead atoms. The molecular formula is C12H23NS. The molecule has 2 heteroatoms. The fourth-order valence-corrected chi connectivity index (χ4v) is 1.56. The first-order valence-corrected chi connectivity index (χ1v) is 6.11. The molecule has 0 aromatic rings. The Balaban J connectivity index is 3.92. The Morgan fingerprint density at radius 3 is 2.50 bits per heavy atom. The first-order valence-electron chi connectivity index (χ1n) is 5.34. The number of allylic oxidation sites excluding steroid dienone is 1. The van der Waals surface area contributed by atoms with Gasteiger partial charge in [-0.2, -0.15) is 0 Å². The third-order valence-corrected chi connectivity index (χ3v) is 2.63. The summed E-state index contributed by atoms with van der Waals surface area (Å²) in [7, 11) is 0. The van der Waals surface area contributed by atoms with Gasteiger partial charge in [-0.1, -0.05) is 13.0 Å². The summed E-state index contributed by atoms with van der Waals surface area (Å²) in [5.74, 6) is 0. The average Bonchev–Trinajstić information content (AvgIpc) is 2.09. The molecule has 0 atom stereocenters. The second kappa shape index (κ2) is 7.10. The van der Waals surface area contributed by atoms with Crippen LogP contribution >= 0.6 is 11.9 Å². The lowest BCUT2D eigenvalue weighted by atomic mass is 10.1. The molecule has 82 valence electrons. The summed E-state index contributed by atoms with van der Waals surface area (Å²) in [6.07, 6.45) is 6.44. The Kier molecular flexibility index (Phi) is 6.98. The van der Waals surface area contributed by atoms with E-state index in [0.717, 1.165) is 19.3 Å². The molecule has 0 aromatic heterocycles. The van der Waals surface area contributed by atoms with Crippen LogP contribution in [0.15, 0.2) is 17.1 Å². The van der Waals surface area contributed by atoms with Gasteiger partial charge in [0.1, 0.15) is 0 Å². The van der Waals surface area contributed by atoms with Crippen molar-refractivity contribution in [2.45, 2.75) is 58.1 Å². The predicted octanol–water partition coefficient (Wildman–Crippen LogP) is 4.64. The van der Waals surface area contributed by atoms with E-state index in [1.165, 1.54) is 12.1 Å². The number of hydrogen-bond donors (Lipinski definition) is 0. The van der Waals surface area contributed by atoms with Crippen molar-refractivity contribution in [3.8, 4) is 0 Å². The maximum atomic E-state index is 4.58. The molecule has 0 rings (SSSR count). The Morgan fingerprint density at radius 2 is 2.07 bits per heavy atom. The molecule has 0 aromatic carbocycles. The molecule has 0 radical (unpaired) electrons. The molecule has 0 N–H and O–H groups in total. The van der Waals surface area contributed by atoms with Crippen molar-refractivity contribution in [2.75, 3.05) is 0 Å². The average molecular weight is 213 g/mol. The van der Waals surface area contributed by atoms with Gasteiger partial charge in [0.25, 0.3) is 0 Å². The first-order chi connectivity index (χ1) is 6.49. The molecular weight excluding hydrogens is 190 g/mol. The zero-order chi connectivity index (χ0) is 11.0. The van der Waals surface area contributed by atoms with E-state index < -0.39 is 0 Å². The zero-order valence-electron chi connectivity index (χ0n) is 9.97. The van der Waals surface area contributed by atoms with Gasteiger partial charge in [0.15, 0.2) is 0 Å². The van der Waals surface area contributed by atoms with Crippen molar-refractivity contribution in [1.82, 2.24) is 0 Å². The third kappa shape index (κ3) is 8.36. The van der Waals surface area contributed by atoms with Gasteiger partial charge in [-0.25, -0.2) is 4.40 Å². The van der Waals surface area contributed by atoms with Crippen molar-refractivity contribution in [3.63, 3.8) is 0 Å². The molecule has 0 aliphatic rings. The molecule has 0 saturated carbocycles. The van der Waals surface area contributed by atoms with Crippen LogP contribution in [-0.2, 0) is 0 Å². The molecule has 0 heterocycles. The zero-order valence-corrected chi connectivity index (χ0v) is 10.8. The quantitative estimate of drug-likeness (QED) is 0.271. The maximum absolute atomic E-state index is 4.58. The molecule has 1 nitrogen and oxygen atoms in total. The minimum Gasteiger partial charge on any atom is -0.225 e. The summed E-state index contributed by atoms with van der Waals surface area (Å²) in [6, 6.07) is 0. The van der Waals surface area contributed by atoms with Crippen LogP contribution in [0.1, 0.15) is 53.4 Å². The van der Waals surface area contributed by atoms with E-state index in [9.17, 15) is 0 Å². The molecule has 0 unspecified atom stereocenters. The second-order valence-corrected chi connectivity index (χ2v) is 5.99. The Hall–Kier alpha value is -0.240. The minimum absolute atomic E-state index is 0.235. The molecule has 0 saturated heterocycles. The van der Waals surface area contributed by atoms with E-state index in [0.29, 0.717) is 0 Å². The van der Waals surface area contributed by atoms with Crippen LogP contribution in [0.3, 0.4) is 0 Å². The largest absolute Gasteiger partial charge is 0.225 e. The monoisotopic (exact) mass is 213 g/mol. The number of hydrogen-bond acceptors (Lipinski definition) is 2.